The Balaban J connectivity index is 2.00. The fourth-order valence-electron chi connectivity index (χ4n) is 3.04. The van der Waals surface area contributed by atoms with Crippen LogP contribution in [0.25, 0.3) is 0 Å². The van der Waals surface area contributed by atoms with E-state index >= 15 is 0 Å². The maximum atomic E-state index is 13.7. The van der Waals surface area contributed by atoms with Crippen LogP contribution in [0.2, 0.25) is 10.0 Å². The third-order valence-corrected chi connectivity index (χ3v) is 5.38. The molecule has 28 heavy (non-hydrogen) atoms. The van der Waals surface area contributed by atoms with Gasteiger partial charge < -0.3 is 10.6 Å². The van der Waals surface area contributed by atoms with E-state index in [0.717, 1.165) is 4.68 Å². The molecule has 5 nitrogen and oxygen atoms in total. The van der Waals surface area contributed by atoms with Crippen molar-refractivity contribution in [1.29, 1.82) is 0 Å². The standard InChI is InChI=1S/C18H19Cl2F3N4O/c1-3-9(2)24-17(28)15-14(20)16-25-12(10-4-6-11(19)7-5-10)8-13(18(21,22)23)27(16)26-15/h4-7,9,12-13,25H,3,8H2,1-2H3,(H,24,28). The summed E-state index contributed by atoms with van der Waals surface area (Å²) in [5, 5.41) is 9.92. The molecule has 1 aliphatic heterocycles. The number of hydrogen-bond donors (Lipinski definition) is 2. The minimum atomic E-state index is -4.55. The molecule has 3 unspecified atom stereocenters. The van der Waals surface area contributed by atoms with Gasteiger partial charge >= 0.3 is 6.18 Å². The van der Waals surface area contributed by atoms with Gasteiger partial charge in [-0.25, -0.2) is 4.68 Å². The molecule has 2 heterocycles. The number of fused-ring (bicyclic) bond motifs is 1. The van der Waals surface area contributed by atoms with Crippen molar-refractivity contribution in [3.63, 3.8) is 0 Å². The fraction of sp³-hybridized carbons (Fsp3) is 0.444. The average molecular weight is 435 g/mol. The topological polar surface area (TPSA) is 59.0 Å². The molecule has 1 aromatic carbocycles. The first-order chi connectivity index (χ1) is 13.1. The van der Waals surface area contributed by atoms with Gasteiger partial charge in [-0.3, -0.25) is 4.79 Å². The number of aromatic nitrogens is 2. The van der Waals surface area contributed by atoms with Crippen LogP contribution in [0.3, 0.4) is 0 Å². The summed E-state index contributed by atoms with van der Waals surface area (Å²) in [6.45, 7) is 3.66. The summed E-state index contributed by atoms with van der Waals surface area (Å²) in [5.74, 6) is -0.628. The number of carbonyl (C=O) groups is 1. The molecule has 10 heteroatoms. The summed E-state index contributed by atoms with van der Waals surface area (Å²) in [7, 11) is 0. The Morgan fingerprint density at radius 1 is 1.36 bits per heavy atom. The van der Waals surface area contributed by atoms with E-state index in [1.165, 1.54) is 0 Å². The van der Waals surface area contributed by atoms with Gasteiger partial charge in [-0.15, -0.1) is 0 Å². The van der Waals surface area contributed by atoms with E-state index in [9.17, 15) is 18.0 Å². The molecule has 1 aromatic heterocycles. The van der Waals surface area contributed by atoms with Gasteiger partial charge in [0.15, 0.2) is 11.7 Å². The number of nitrogens with zero attached hydrogens (tertiary/aromatic N) is 2. The Bertz CT molecular complexity index is 867. The lowest BCUT2D eigenvalue weighted by Gasteiger charge is -2.33. The summed E-state index contributed by atoms with van der Waals surface area (Å²) in [6.07, 6.45) is -4.18. The molecule has 3 rings (SSSR count). The highest BCUT2D eigenvalue weighted by Gasteiger charge is 2.47. The number of alkyl halides is 3. The van der Waals surface area contributed by atoms with Gasteiger partial charge in [-0.2, -0.15) is 18.3 Å². The predicted molar refractivity (Wildman–Crippen MR) is 102 cm³/mol. The number of carbonyl (C=O) groups excluding carboxylic acids is 1. The molecule has 1 amide bonds. The number of hydrogen-bond acceptors (Lipinski definition) is 3. The second-order valence-corrected chi connectivity index (χ2v) is 7.59. The van der Waals surface area contributed by atoms with Crippen LogP contribution in [0.15, 0.2) is 24.3 Å². The Kier molecular flexibility index (Phi) is 5.82. The number of anilines is 1. The lowest BCUT2D eigenvalue weighted by atomic mass is 9.97. The molecule has 1 aliphatic rings. The highest BCUT2D eigenvalue weighted by Crippen LogP contribution is 2.46. The number of rotatable bonds is 4. The van der Waals surface area contributed by atoms with E-state index in [-0.39, 0.29) is 29.0 Å². The molecule has 0 fully saturated rings. The molecule has 0 aliphatic carbocycles. The van der Waals surface area contributed by atoms with Crippen molar-refractivity contribution in [2.75, 3.05) is 5.32 Å². The summed E-state index contributed by atoms with van der Waals surface area (Å²) in [4.78, 5) is 12.4. The molecule has 152 valence electrons. The van der Waals surface area contributed by atoms with Gasteiger partial charge in [0.25, 0.3) is 5.91 Å². The molecular weight excluding hydrogens is 416 g/mol. The Labute approximate surface area is 170 Å². The first kappa shape index (κ1) is 20.8. The van der Waals surface area contributed by atoms with Gasteiger partial charge in [0, 0.05) is 17.5 Å². The molecule has 0 radical (unpaired) electrons. The molecule has 2 N–H and O–H groups in total. The van der Waals surface area contributed by atoms with Gasteiger partial charge in [-0.1, -0.05) is 42.3 Å². The van der Waals surface area contributed by atoms with Crippen molar-refractivity contribution < 1.29 is 18.0 Å². The normalized spacial score (nSPS) is 20.2. The molecule has 0 saturated carbocycles. The number of amides is 1. The monoisotopic (exact) mass is 434 g/mol. The number of nitrogens with one attached hydrogen (secondary N) is 2. The van der Waals surface area contributed by atoms with Gasteiger partial charge in [-0.05, 0) is 31.0 Å². The zero-order chi connectivity index (χ0) is 20.6. The number of benzene rings is 1. The van der Waals surface area contributed by atoms with E-state index in [1.54, 1.807) is 31.2 Å². The third-order valence-electron chi connectivity index (χ3n) is 4.77. The summed E-state index contributed by atoms with van der Waals surface area (Å²) < 4.78 is 41.9. The molecule has 2 aromatic rings. The number of halogens is 5. The SMILES string of the molecule is CCC(C)NC(=O)c1nn2c(c1Cl)NC(c1ccc(Cl)cc1)CC2C(F)(F)F. The van der Waals surface area contributed by atoms with E-state index < -0.39 is 24.2 Å². The predicted octanol–water partition coefficient (Wildman–Crippen LogP) is 5.38. The Morgan fingerprint density at radius 3 is 2.57 bits per heavy atom. The van der Waals surface area contributed by atoms with Gasteiger partial charge in [0.1, 0.15) is 10.8 Å². The first-order valence-electron chi connectivity index (χ1n) is 8.79. The smallest absolute Gasteiger partial charge is 0.362 e. The van der Waals surface area contributed by atoms with E-state index in [2.05, 4.69) is 15.7 Å². The van der Waals surface area contributed by atoms with E-state index in [1.807, 2.05) is 6.92 Å². The van der Waals surface area contributed by atoms with Crippen LogP contribution in [0.5, 0.6) is 0 Å². The molecule has 3 atom stereocenters. The van der Waals surface area contributed by atoms with Crippen molar-refractivity contribution >= 4 is 34.9 Å². The molecular formula is C18H19Cl2F3N4O. The van der Waals surface area contributed by atoms with Crippen LogP contribution >= 0.6 is 23.2 Å². The zero-order valence-electron chi connectivity index (χ0n) is 15.1. The van der Waals surface area contributed by atoms with Crippen LogP contribution < -0.4 is 10.6 Å². The van der Waals surface area contributed by atoms with Crippen LogP contribution in [-0.4, -0.2) is 27.9 Å². The minimum Gasteiger partial charge on any atom is -0.362 e. The quantitative estimate of drug-likeness (QED) is 0.678. The third kappa shape index (κ3) is 4.07. The van der Waals surface area contributed by atoms with Crippen molar-refractivity contribution in [3.8, 4) is 0 Å². The molecule has 0 spiro atoms. The second kappa shape index (κ2) is 7.83. The lowest BCUT2D eigenvalue weighted by Crippen LogP contribution is -2.36. The van der Waals surface area contributed by atoms with Crippen LogP contribution in [0, 0.1) is 0 Å². The van der Waals surface area contributed by atoms with Crippen LogP contribution in [-0.2, 0) is 0 Å². The lowest BCUT2D eigenvalue weighted by molar-refractivity contribution is -0.173. The van der Waals surface area contributed by atoms with Crippen LogP contribution in [0.4, 0.5) is 19.0 Å². The van der Waals surface area contributed by atoms with Gasteiger partial charge in [0.2, 0.25) is 0 Å². The Morgan fingerprint density at radius 2 is 2.00 bits per heavy atom. The van der Waals surface area contributed by atoms with Crippen molar-refractivity contribution in [3.05, 3.63) is 45.6 Å². The molecule has 0 saturated heterocycles. The summed E-state index contributed by atoms with van der Waals surface area (Å²) >= 11 is 12.1. The fourth-order valence-corrected chi connectivity index (χ4v) is 3.43. The maximum Gasteiger partial charge on any atom is 0.410 e. The highest BCUT2D eigenvalue weighted by molar-refractivity contribution is 6.36. The summed E-state index contributed by atoms with van der Waals surface area (Å²) in [6, 6.07) is 3.81. The van der Waals surface area contributed by atoms with E-state index in [4.69, 9.17) is 23.2 Å². The zero-order valence-corrected chi connectivity index (χ0v) is 16.7. The Hall–Kier alpha value is -1.93. The highest BCUT2D eigenvalue weighted by atomic mass is 35.5. The van der Waals surface area contributed by atoms with Crippen molar-refractivity contribution in [2.45, 2.75) is 51.0 Å². The van der Waals surface area contributed by atoms with Crippen molar-refractivity contribution in [2.24, 2.45) is 0 Å². The summed E-state index contributed by atoms with van der Waals surface area (Å²) in [5.41, 5.74) is 0.406. The van der Waals surface area contributed by atoms with Crippen molar-refractivity contribution in [1.82, 2.24) is 15.1 Å². The maximum absolute atomic E-state index is 13.7. The van der Waals surface area contributed by atoms with Crippen LogP contribution in [0.1, 0.15) is 54.8 Å². The second-order valence-electron chi connectivity index (χ2n) is 6.78. The first-order valence-corrected chi connectivity index (χ1v) is 9.55. The van der Waals surface area contributed by atoms with E-state index in [0.29, 0.717) is 17.0 Å². The molecule has 0 bridgehead atoms. The largest absolute Gasteiger partial charge is 0.410 e. The average Bonchev–Trinajstić information content (AvgIpc) is 2.97. The minimum absolute atomic E-state index is 0.0236. The van der Waals surface area contributed by atoms with Gasteiger partial charge in [0.05, 0.1) is 6.04 Å².